The maximum atomic E-state index is 12.7. The molecule has 24 heavy (non-hydrogen) atoms. The minimum atomic E-state index is -3.72. The first-order chi connectivity index (χ1) is 11.5. The average molecular weight is 366 g/mol. The Morgan fingerprint density at radius 1 is 1.04 bits per heavy atom. The molecule has 4 nitrogen and oxygen atoms in total. The summed E-state index contributed by atoms with van der Waals surface area (Å²) in [6.07, 6.45) is 2.01. The molecule has 1 aliphatic carbocycles. The van der Waals surface area contributed by atoms with Gasteiger partial charge < -0.3 is 5.11 Å². The van der Waals surface area contributed by atoms with Gasteiger partial charge in [-0.2, -0.15) is 0 Å². The van der Waals surface area contributed by atoms with Crippen molar-refractivity contribution in [2.75, 3.05) is 0 Å². The molecule has 0 heterocycles. The van der Waals surface area contributed by atoms with E-state index in [1.54, 1.807) is 12.1 Å². The van der Waals surface area contributed by atoms with E-state index in [4.69, 9.17) is 11.6 Å². The largest absolute Gasteiger partial charge is 0.387 e. The van der Waals surface area contributed by atoms with Crippen molar-refractivity contribution in [3.8, 4) is 0 Å². The Labute approximate surface area is 147 Å². The number of aliphatic hydroxyl groups excluding tert-OH is 1. The van der Waals surface area contributed by atoms with Gasteiger partial charge in [-0.25, -0.2) is 13.1 Å². The molecule has 1 saturated carbocycles. The van der Waals surface area contributed by atoms with Crippen molar-refractivity contribution >= 4 is 21.6 Å². The molecule has 2 aromatic carbocycles. The molecular formula is C18H20ClNO3S. The minimum absolute atomic E-state index is 0.141. The highest BCUT2D eigenvalue weighted by molar-refractivity contribution is 7.89. The monoisotopic (exact) mass is 365 g/mol. The van der Waals surface area contributed by atoms with Crippen molar-refractivity contribution in [1.29, 1.82) is 0 Å². The van der Waals surface area contributed by atoms with Crippen molar-refractivity contribution in [3.63, 3.8) is 0 Å². The molecule has 0 bridgehead atoms. The summed E-state index contributed by atoms with van der Waals surface area (Å²) < 4.78 is 28.0. The summed E-state index contributed by atoms with van der Waals surface area (Å²) in [6, 6.07) is 14.7. The number of hydrogen-bond donors (Lipinski definition) is 2. The Morgan fingerprint density at radius 2 is 1.67 bits per heavy atom. The number of nitrogens with one attached hydrogen (secondary N) is 1. The summed E-state index contributed by atoms with van der Waals surface area (Å²) in [7, 11) is -3.72. The molecule has 1 fully saturated rings. The van der Waals surface area contributed by atoms with E-state index < -0.39 is 22.2 Å². The van der Waals surface area contributed by atoms with E-state index >= 15 is 0 Å². The lowest BCUT2D eigenvalue weighted by molar-refractivity contribution is 0.0814. The number of hydrogen-bond acceptors (Lipinski definition) is 3. The van der Waals surface area contributed by atoms with Crippen LogP contribution in [-0.2, 0) is 10.0 Å². The van der Waals surface area contributed by atoms with Crippen LogP contribution in [-0.4, -0.2) is 19.6 Å². The molecule has 2 unspecified atom stereocenters. The predicted octanol–water partition coefficient (Wildman–Crippen LogP) is 3.52. The number of rotatable bonds is 6. The van der Waals surface area contributed by atoms with E-state index in [9.17, 15) is 13.5 Å². The second-order valence-electron chi connectivity index (χ2n) is 6.15. The molecule has 2 aromatic rings. The Hall–Kier alpha value is -1.40. The van der Waals surface area contributed by atoms with E-state index in [2.05, 4.69) is 4.72 Å². The van der Waals surface area contributed by atoms with Crippen LogP contribution in [0.15, 0.2) is 59.5 Å². The molecule has 1 aliphatic rings. The van der Waals surface area contributed by atoms with Crippen molar-refractivity contribution in [3.05, 3.63) is 65.2 Å². The van der Waals surface area contributed by atoms with Gasteiger partial charge in [-0.1, -0.05) is 48.4 Å². The maximum Gasteiger partial charge on any atom is 0.240 e. The van der Waals surface area contributed by atoms with Gasteiger partial charge in [0.25, 0.3) is 0 Å². The molecule has 0 aromatic heterocycles. The minimum Gasteiger partial charge on any atom is -0.387 e. The first-order valence-electron chi connectivity index (χ1n) is 7.98. The average Bonchev–Trinajstić information content (AvgIpc) is 2.53. The van der Waals surface area contributed by atoms with Gasteiger partial charge in [0.05, 0.1) is 17.0 Å². The highest BCUT2D eigenvalue weighted by atomic mass is 35.5. The Balaban J connectivity index is 1.85. The zero-order valence-corrected chi connectivity index (χ0v) is 14.7. The molecule has 2 N–H and O–H groups in total. The topological polar surface area (TPSA) is 66.4 Å². The van der Waals surface area contributed by atoms with Gasteiger partial charge in [0.2, 0.25) is 10.0 Å². The number of benzene rings is 2. The Bertz CT molecular complexity index is 774. The lowest BCUT2D eigenvalue weighted by Gasteiger charge is -2.37. The second-order valence-corrected chi connectivity index (χ2v) is 8.30. The summed E-state index contributed by atoms with van der Waals surface area (Å²) in [4.78, 5) is 0.150. The zero-order valence-electron chi connectivity index (χ0n) is 13.1. The highest BCUT2D eigenvalue weighted by Crippen LogP contribution is 2.36. The molecular weight excluding hydrogens is 346 g/mol. The van der Waals surface area contributed by atoms with Crippen LogP contribution in [0.2, 0.25) is 5.02 Å². The van der Waals surface area contributed by atoms with Crippen LogP contribution in [0, 0.1) is 5.92 Å². The molecule has 0 spiro atoms. The molecule has 3 rings (SSSR count). The molecule has 0 aliphatic heterocycles. The van der Waals surface area contributed by atoms with Crippen LogP contribution in [0.3, 0.4) is 0 Å². The van der Waals surface area contributed by atoms with E-state index in [1.165, 1.54) is 12.1 Å². The van der Waals surface area contributed by atoms with Gasteiger partial charge in [0.1, 0.15) is 0 Å². The molecule has 0 saturated heterocycles. The van der Waals surface area contributed by atoms with Gasteiger partial charge in [0, 0.05) is 5.02 Å². The van der Waals surface area contributed by atoms with Crippen LogP contribution in [0.5, 0.6) is 0 Å². The molecule has 0 radical (unpaired) electrons. The summed E-state index contributed by atoms with van der Waals surface area (Å²) in [6.45, 7) is 0. The second kappa shape index (κ2) is 7.23. The molecule has 6 heteroatoms. The van der Waals surface area contributed by atoms with Gasteiger partial charge in [0.15, 0.2) is 0 Å². The normalized spacial score (nSPS) is 17.9. The predicted molar refractivity (Wildman–Crippen MR) is 94.3 cm³/mol. The summed E-state index contributed by atoms with van der Waals surface area (Å²) in [5.74, 6) is 0.141. The van der Waals surface area contributed by atoms with Crippen LogP contribution in [0.1, 0.15) is 30.9 Å². The molecule has 128 valence electrons. The summed E-state index contributed by atoms with van der Waals surface area (Å²) >= 11 is 5.82. The SMILES string of the molecule is O=S(=O)(NC(C1CCC1)C(O)c1ccccc1)c1ccc(Cl)cc1. The smallest absolute Gasteiger partial charge is 0.240 e. The number of sulfonamides is 1. The number of aliphatic hydroxyl groups is 1. The van der Waals surface area contributed by atoms with Crippen molar-refractivity contribution in [2.24, 2.45) is 5.92 Å². The quantitative estimate of drug-likeness (QED) is 0.823. The van der Waals surface area contributed by atoms with Crippen LogP contribution < -0.4 is 4.72 Å². The van der Waals surface area contributed by atoms with Crippen LogP contribution >= 0.6 is 11.6 Å². The molecule has 2 atom stereocenters. The van der Waals surface area contributed by atoms with Crippen molar-refractivity contribution < 1.29 is 13.5 Å². The fourth-order valence-electron chi connectivity index (χ4n) is 2.94. The third kappa shape index (κ3) is 3.81. The van der Waals surface area contributed by atoms with E-state index in [1.807, 2.05) is 30.3 Å². The zero-order chi connectivity index (χ0) is 17.2. The van der Waals surface area contributed by atoms with Gasteiger partial charge >= 0.3 is 0 Å². The third-order valence-corrected chi connectivity index (χ3v) is 6.28. The fourth-order valence-corrected chi connectivity index (χ4v) is 4.37. The Morgan fingerprint density at radius 3 is 2.21 bits per heavy atom. The van der Waals surface area contributed by atoms with Crippen molar-refractivity contribution in [1.82, 2.24) is 4.72 Å². The summed E-state index contributed by atoms with van der Waals surface area (Å²) in [5, 5.41) is 11.2. The highest BCUT2D eigenvalue weighted by Gasteiger charge is 2.36. The van der Waals surface area contributed by atoms with Gasteiger partial charge in [-0.15, -0.1) is 0 Å². The first kappa shape index (κ1) is 17.4. The fraction of sp³-hybridized carbons (Fsp3) is 0.333. The summed E-state index contributed by atoms with van der Waals surface area (Å²) in [5.41, 5.74) is 0.716. The number of halogens is 1. The standard InChI is InChI=1S/C18H20ClNO3S/c19-15-9-11-16(12-10-15)24(22,23)20-17(13-7-4-8-13)18(21)14-5-2-1-3-6-14/h1-3,5-6,9-13,17-18,20-21H,4,7-8H2. The molecule has 0 amide bonds. The maximum absolute atomic E-state index is 12.7. The van der Waals surface area contributed by atoms with Gasteiger partial charge in [-0.05, 0) is 48.6 Å². The van der Waals surface area contributed by atoms with Crippen LogP contribution in [0.4, 0.5) is 0 Å². The lowest BCUT2D eigenvalue weighted by atomic mass is 9.77. The van der Waals surface area contributed by atoms with E-state index in [-0.39, 0.29) is 10.8 Å². The van der Waals surface area contributed by atoms with Crippen LogP contribution in [0.25, 0.3) is 0 Å². The van der Waals surface area contributed by atoms with E-state index in [0.717, 1.165) is 19.3 Å². The van der Waals surface area contributed by atoms with Crippen molar-refractivity contribution in [2.45, 2.75) is 36.3 Å². The first-order valence-corrected chi connectivity index (χ1v) is 9.84. The third-order valence-electron chi connectivity index (χ3n) is 4.55. The van der Waals surface area contributed by atoms with Gasteiger partial charge in [-0.3, -0.25) is 0 Å². The Kier molecular flexibility index (Phi) is 5.25. The van der Waals surface area contributed by atoms with E-state index in [0.29, 0.717) is 10.6 Å². The lowest BCUT2D eigenvalue weighted by Crippen LogP contribution is -2.46.